The Morgan fingerprint density at radius 3 is 2.21 bits per heavy atom. The number of allylic oxidation sites excluding steroid dienone is 3. The van der Waals surface area contributed by atoms with E-state index in [1.54, 1.807) is 54.6 Å². The number of carbonyl (C=O) groups excluding carboxylic acids is 4. The highest BCUT2D eigenvalue weighted by Crippen LogP contribution is 2.63. The van der Waals surface area contributed by atoms with Gasteiger partial charge in [0.25, 0.3) is 11.8 Å². The summed E-state index contributed by atoms with van der Waals surface area (Å²) >= 11 is 14.7. The van der Waals surface area contributed by atoms with Crippen LogP contribution in [0, 0.1) is 29.5 Å². The number of alkyl halides is 2. The molecule has 4 aliphatic rings. The number of anilines is 2. The summed E-state index contributed by atoms with van der Waals surface area (Å²) in [7, 11) is 1.41. The second-order valence-electron chi connectivity index (χ2n) is 12.4. The topological polar surface area (TPSA) is 104 Å². The van der Waals surface area contributed by atoms with Crippen LogP contribution in [0.1, 0.15) is 24.0 Å². The van der Waals surface area contributed by atoms with Gasteiger partial charge in [0.1, 0.15) is 5.82 Å². The summed E-state index contributed by atoms with van der Waals surface area (Å²) in [4.78, 5) is 54.7. The minimum atomic E-state index is -2.04. The van der Waals surface area contributed by atoms with Crippen LogP contribution >= 0.6 is 23.2 Å². The number of imide groups is 2. The Labute approximate surface area is 285 Å². The highest BCUT2D eigenvalue weighted by atomic mass is 35.5. The van der Waals surface area contributed by atoms with Gasteiger partial charge in [-0.05, 0) is 78.4 Å². The molecular weight excluding hydrogens is 658 g/mol. The monoisotopic (exact) mass is 686 g/mol. The average molecular weight is 688 g/mol. The first kappa shape index (κ1) is 31.8. The number of rotatable bonds is 6. The highest BCUT2D eigenvalue weighted by molar-refractivity contribution is 6.58. The first-order valence-corrected chi connectivity index (χ1v) is 16.1. The van der Waals surface area contributed by atoms with Crippen LogP contribution in [0.25, 0.3) is 12.2 Å². The van der Waals surface area contributed by atoms with Crippen molar-refractivity contribution in [3.05, 3.63) is 108 Å². The van der Waals surface area contributed by atoms with Crippen molar-refractivity contribution >= 4 is 70.4 Å². The third-order valence-electron chi connectivity index (χ3n) is 10.0. The zero-order valence-corrected chi connectivity index (χ0v) is 27.1. The number of nitrogens with zero attached hydrogens (tertiary/aromatic N) is 2. The smallest absolute Gasteiger partial charge is 0.258 e. The fourth-order valence-electron chi connectivity index (χ4n) is 7.67. The van der Waals surface area contributed by atoms with Gasteiger partial charge in [0.15, 0.2) is 21.2 Å². The van der Waals surface area contributed by atoms with Crippen LogP contribution < -0.4 is 14.5 Å². The molecule has 0 spiro atoms. The molecule has 0 radical (unpaired) electrons. The Kier molecular flexibility index (Phi) is 7.60. The molecular formula is C37H29Cl2FN2O6. The number of hydrogen-bond acceptors (Lipinski definition) is 6. The second kappa shape index (κ2) is 11.5. The van der Waals surface area contributed by atoms with E-state index >= 15 is 0 Å². The first-order valence-electron chi connectivity index (χ1n) is 15.3. The van der Waals surface area contributed by atoms with Gasteiger partial charge in [0.05, 0.1) is 30.3 Å². The lowest BCUT2D eigenvalue weighted by Gasteiger charge is -2.49. The Morgan fingerprint density at radius 1 is 0.896 bits per heavy atom. The molecule has 244 valence electrons. The number of methoxy groups -OCH3 is 1. The fourth-order valence-corrected chi connectivity index (χ4v) is 8.56. The number of aromatic hydroxyl groups is 1. The number of fused-ring (bicyclic) bond motifs is 4. The number of carbonyl (C=O) groups is 4. The summed E-state index contributed by atoms with van der Waals surface area (Å²) in [6.07, 6.45) is 6.87. The summed E-state index contributed by atoms with van der Waals surface area (Å²) < 4.78 is 19.1. The molecule has 2 heterocycles. The van der Waals surface area contributed by atoms with Crippen molar-refractivity contribution in [2.24, 2.45) is 23.7 Å². The molecule has 2 aliphatic carbocycles. The van der Waals surface area contributed by atoms with Gasteiger partial charge in [-0.1, -0.05) is 54.7 Å². The van der Waals surface area contributed by atoms with Crippen molar-refractivity contribution in [1.29, 1.82) is 0 Å². The minimum Gasteiger partial charge on any atom is -0.504 e. The molecule has 3 aromatic carbocycles. The molecule has 8 nitrogen and oxygen atoms in total. The maximum atomic E-state index is 14.4. The van der Waals surface area contributed by atoms with Crippen molar-refractivity contribution < 1.29 is 33.4 Å². The number of phenolic OH excluding ortho intramolecular Hbond substituents is 1. The van der Waals surface area contributed by atoms with Crippen molar-refractivity contribution in [2.75, 3.05) is 16.9 Å². The van der Waals surface area contributed by atoms with Gasteiger partial charge in [-0.15, -0.1) is 23.2 Å². The molecule has 2 aliphatic heterocycles. The van der Waals surface area contributed by atoms with Crippen LogP contribution in [0.5, 0.6) is 11.5 Å². The van der Waals surface area contributed by atoms with E-state index in [1.165, 1.54) is 30.2 Å². The van der Waals surface area contributed by atoms with E-state index in [2.05, 4.69) is 6.58 Å². The molecule has 4 amide bonds. The zero-order valence-electron chi connectivity index (χ0n) is 25.6. The van der Waals surface area contributed by atoms with E-state index in [1.807, 2.05) is 6.08 Å². The number of phenols is 1. The van der Waals surface area contributed by atoms with E-state index < -0.39 is 57.0 Å². The summed E-state index contributed by atoms with van der Waals surface area (Å²) in [6, 6.07) is 16.4. The second-order valence-corrected chi connectivity index (χ2v) is 13.6. The molecule has 3 aromatic rings. The van der Waals surface area contributed by atoms with Crippen molar-refractivity contribution in [2.45, 2.75) is 22.6 Å². The third-order valence-corrected chi connectivity index (χ3v) is 11.5. The van der Waals surface area contributed by atoms with E-state index in [-0.39, 0.29) is 35.9 Å². The van der Waals surface area contributed by atoms with Crippen molar-refractivity contribution in [3.8, 4) is 11.5 Å². The molecule has 3 fully saturated rings. The Morgan fingerprint density at radius 2 is 1.54 bits per heavy atom. The number of hydrogen-bond donors (Lipinski definition) is 1. The third kappa shape index (κ3) is 4.48. The van der Waals surface area contributed by atoms with Crippen LogP contribution in [0.3, 0.4) is 0 Å². The van der Waals surface area contributed by atoms with Crippen LogP contribution in [0.15, 0.2) is 91.0 Å². The van der Waals surface area contributed by atoms with Crippen LogP contribution in [-0.2, 0) is 19.2 Å². The SMILES string of the molecule is C=Cc1ccc(N2C(=O)C3CC=C4C(CC5(Cl)C(=O)N(c6ccc(F)cc6)C(=O)C5(Cl)C4C=Cc4ccc(O)c(OC)c4)C3C2=O)cc1. The maximum absolute atomic E-state index is 14.4. The lowest BCUT2D eigenvalue weighted by Crippen LogP contribution is -2.60. The summed E-state index contributed by atoms with van der Waals surface area (Å²) in [5.74, 6) is -6.05. The lowest BCUT2D eigenvalue weighted by atomic mass is 9.57. The average Bonchev–Trinajstić information content (AvgIpc) is 3.43. The van der Waals surface area contributed by atoms with E-state index in [0.29, 0.717) is 16.8 Å². The number of halogens is 3. The lowest BCUT2D eigenvalue weighted by molar-refractivity contribution is -0.125. The number of ether oxygens (including phenoxy) is 1. The van der Waals surface area contributed by atoms with Crippen LogP contribution in [0.2, 0.25) is 0 Å². The number of benzene rings is 3. The normalized spacial score (nSPS) is 29.5. The molecule has 6 unspecified atom stereocenters. The quantitative estimate of drug-likeness (QED) is 0.181. The van der Waals surface area contributed by atoms with Gasteiger partial charge < -0.3 is 9.84 Å². The Bertz CT molecular complexity index is 1960. The predicted octanol–water partition coefficient (Wildman–Crippen LogP) is 6.50. The summed E-state index contributed by atoms with van der Waals surface area (Å²) in [5.41, 5.74) is 2.56. The summed E-state index contributed by atoms with van der Waals surface area (Å²) in [6.45, 7) is 3.75. The van der Waals surface area contributed by atoms with E-state index in [4.69, 9.17) is 27.9 Å². The molecule has 2 saturated heterocycles. The molecule has 1 saturated carbocycles. The molecule has 6 atom stereocenters. The number of amides is 4. The van der Waals surface area contributed by atoms with Gasteiger partial charge in [0.2, 0.25) is 11.8 Å². The first-order chi connectivity index (χ1) is 22.9. The van der Waals surface area contributed by atoms with Crippen molar-refractivity contribution in [1.82, 2.24) is 0 Å². The van der Waals surface area contributed by atoms with Crippen LogP contribution in [-0.4, -0.2) is 45.6 Å². The van der Waals surface area contributed by atoms with Crippen molar-refractivity contribution in [3.63, 3.8) is 0 Å². The molecule has 1 N–H and O–H groups in total. The zero-order chi connectivity index (χ0) is 34.1. The molecule has 48 heavy (non-hydrogen) atoms. The largest absolute Gasteiger partial charge is 0.504 e. The molecule has 0 aromatic heterocycles. The van der Waals surface area contributed by atoms with E-state index in [0.717, 1.165) is 22.6 Å². The minimum absolute atomic E-state index is 0.0680. The molecule has 7 rings (SSSR count). The van der Waals surface area contributed by atoms with Gasteiger partial charge >= 0.3 is 0 Å². The van der Waals surface area contributed by atoms with E-state index in [9.17, 15) is 28.7 Å². The standard InChI is InChI=1S/C37H29Cl2FN2O6/c1-3-20-4-10-23(11-5-20)41-32(44)26-15-14-25-27(31(26)33(41)45)19-36(38)34(46)42(24-12-8-22(40)9-13-24)35(47)37(36,39)28(25)16-6-21-7-17-29(43)30(18-21)48-2/h3-14,16-18,26-28,31,43H,1,15,19H2,2H3. The fraction of sp³-hybridized carbons (Fsp3) is 0.243. The van der Waals surface area contributed by atoms with Gasteiger partial charge in [0, 0.05) is 5.92 Å². The highest BCUT2D eigenvalue weighted by Gasteiger charge is 2.76. The Hall–Kier alpha value is -4.73. The van der Waals surface area contributed by atoms with Crippen LogP contribution in [0.4, 0.5) is 15.8 Å². The molecule has 0 bridgehead atoms. The predicted molar refractivity (Wildman–Crippen MR) is 180 cm³/mol. The maximum Gasteiger partial charge on any atom is 0.258 e. The van der Waals surface area contributed by atoms with Gasteiger partial charge in [-0.2, -0.15) is 0 Å². The van der Waals surface area contributed by atoms with Gasteiger partial charge in [-0.25, -0.2) is 9.29 Å². The summed E-state index contributed by atoms with van der Waals surface area (Å²) in [5, 5.41) is 10.1. The molecule has 11 heteroatoms. The van der Waals surface area contributed by atoms with Gasteiger partial charge in [-0.3, -0.25) is 24.1 Å². The Balaban J connectivity index is 1.35.